The maximum Gasteiger partial charge on any atom is 0.106 e. The zero-order valence-corrected chi connectivity index (χ0v) is 4.57. The summed E-state index contributed by atoms with van der Waals surface area (Å²) in [4.78, 5) is 0. The fourth-order valence-electron chi connectivity index (χ4n) is 0.292. The Morgan fingerprint density at radius 2 is 2.71 bits per heavy atom. The molecule has 0 saturated carbocycles. The van der Waals surface area contributed by atoms with Crippen LogP contribution in [0.4, 0.5) is 0 Å². The summed E-state index contributed by atoms with van der Waals surface area (Å²) in [5, 5.41) is 4.78. The van der Waals surface area contributed by atoms with Gasteiger partial charge in [0.1, 0.15) is 6.61 Å². The molecule has 0 fully saturated rings. The SMILES string of the molecule is [C]1=COCC=CS1. The van der Waals surface area contributed by atoms with Gasteiger partial charge >= 0.3 is 0 Å². The molecule has 7 heavy (non-hydrogen) atoms. The van der Waals surface area contributed by atoms with E-state index < -0.39 is 0 Å². The van der Waals surface area contributed by atoms with Gasteiger partial charge in [0, 0.05) is 0 Å². The van der Waals surface area contributed by atoms with Crippen molar-refractivity contribution in [2.75, 3.05) is 6.61 Å². The highest BCUT2D eigenvalue weighted by atomic mass is 32.2. The van der Waals surface area contributed by atoms with Crippen molar-refractivity contribution in [3.63, 3.8) is 0 Å². The molecule has 1 rings (SSSR count). The maximum absolute atomic E-state index is 4.85. The molecule has 0 N–H and O–H groups in total. The van der Waals surface area contributed by atoms with Gasteiger partial charge in [-0.1, -0.05) is 11.8 Å². The van der Waals surface area contributed by atoms with Gasteiger partial charge in [0.05, 0.1) is 11.7 Å². The van der Waals surface area contributed by atoms with Crippen LogP contribution in [0.2, 0.25) is 0 Å². The highest BCUT2D eigenvalue weighted by molar-refractivity contribution is 8.03. The number of rotatable bonds is 0. The second-order valence-corrected chi connectivity index (χ2v) is 1.80. The smallest absolute Gasteiger partial charge is 0.106 e. The molecule has 0 saturated heterocycles. The molecule has 0 unspecified atom stereocenters. The second-order valence-electron chi connectivity index (χ2n) is 1.06. The van der Waals surface area contributed by atoms with Crippen molar-refractivity contribution in [1.82, 2.24) is 0 Å². The zero-order chi connectivity index (χ0) is 4.95. The van der Waals surface area contributed by atoms with Crippen molar-refractivity contribution in [3.05, 3.63) is 23.2 Å². The molecule has 0 bridgehead atoms. The summed E-state index contributed by atoms with van der Waals surface area (Å²) in [6.45, 7) is 0.681. The first-order valence-corrected chi connectivity index (χ1v) is 2.87. The van der Waals surface area contributed by atoms with Crippen molar-refractivity contribution in [2.24, 2.45) is 0 Å². The van der Waals surface area contributed by atoms with E-state index in [2.05, 4.69) is 5.41 Å². The summed E-state index contributed by atoms with van der Waals surface area (Å²) in [6.07, 6.45) is 3.52. The average molecular weight is 113 g/mol. The fraction of sp³-hybridized carbons (Fsp3) is 0.200. The van der Waals surface area contributed by atoms with Crippen LogP contribution in [0, 0.1) is 5.41 Å². The van der Waals surface area contributed by atoms with Gasteiger partial charge in [0.15, 0.2) is 0 Å². The van der Waals surface area contributed by atoms with Gasteiger partial charge in [0.2, 0.25) is 0 Å². The molecule has 0 aromatic rings. The third kappa shape index (κ3) is 1.69. The van der Waals surface area contributed by atoms with E-state index >= 15 is 0 Å². The first-order chi connectivity index (χ1) is 3.50. The van der Waals surface area contributed by atoms with Crippen LogP contribution in [0.1, 0.15) is 0 Å². The molecule has 0 atom stereocenters. The van der Waals surface area contributed by atoms with E-state index in [-0.39, 0.29) is 0 Å². The minimum atomic E-state index is 0.681. The average Bonchev–Trinajstić information content (AvgIpc) is 1.90. The molecule has 0 amide bonds. The zero-order valence-electron chi connectivity index (χ0n) is 3.76. The molecule has 1 aliphatic heterocycles. The van der Waals surface area contributed by atoms with Crippen LogP contribution in [0.5, 0.6) is 0 Å². The number of hydrogen-bond donors (Lipinski definition) is 0. The molecule has 0 spiro atoms. The summed E-state index contributed by atoms with van der Waals surface area (Å²) in [6, 6.07) is 0. The molecule has 1 radical (unpaired) electrons. The van der Waals surface area contributed by atoms with E-state index in [1.54, 1.807) is 6.26 Å². The number of ether oxygens (including phenoxy) is 1. The molecule has 1 aliphatic rings. The first-order valence-electron chi connectivity index (χ1n) is 1.99. The van der Waals surface area contributed by atoms with Gasteiger partial charge in [-0.15, -0.1) is 0 Å². The lowest BCUT2D eigenvalue weighted by atomic mass is 10.7. The minimum absolute atomic E-state index is 0.681. The third-order valence-corrected chi connectivity index (χ3v) is 1.12. The Bertz CT molecular complexity index is 84.3. The molecule has 1 heterocycles. The summed E-state index contributed by atoms with van der Waals surface area (Å²) in [7, 11) is 0. The normalized spacial score (nSPS) is 18.3. The molecule has 37 valence electrons. The monoisotopic (exact) mass is 113 g/mol. The molecular formula is C5H5OS. The van der Waals surface area contributed by atoms with Crippen molar-refractivity contribution in [2.45, 2.75) is 0 Å². The van der Waals surface area contributed by atoms with Gasteiger partial charge in [0.25, 0.3) is 0 Å². The van der Waals surface area contributed by atoms with E-state index in [0.29, 0.717) is 6.61 Å². The Balaban J connectivity index is 2.38. The Morgan fingerprint density at radius 3 is 3.71 bits per heavy atom. The third-order valence-electron chi connectivity index (χ3n) is 0.556. The van der Waals surface area contributed by atoms with Crippen molar-refractivity contribution in [1.29, 1.82) is 0 Å². The lowest BCUT2D eigenvalue weighted by Crippen LogP contribution is -1.75. The predicted octanol–water partition coefficient (Wildman–Crippen LogP) is 1.54. The summed E-state index contributed by atoms with van der Waals surface area (Å²) < 4.78 is 4.85. The second kappa shape index (κ2) is 2.75. The van der Waals surface area contributed by atoms with Crippen LogP contribution >= 0.6 is 11.8 Å². The Hall–Kier alpha value is -0.370. The molecular weight excluding hydrogens is 108 g/mol. The van der Waals surface area contributed by atoms with E-state index in [1.807, 2.05) is 11.5 Å². The fourth-order valence-corrected chi connectivity index (χ4v) is 0.669. The molecule has 1 nitrogen and oxygen atoms in total. The quantitative estimate of drug-likeness (QED) is 0.471. The lowest BCUT2D eigenvalue weighted by Gasteiger charge is -1.85. The Morgan fingerprint density at radius 1 is 1.71 bits per heavy atom. The van der Waals surface area contributed by atoms with Crippen LogP contribution in [0.25, 0.3) is 0 Å². The number of thioether (sulfide) groups is 1. The minimum Gasteiger partial charge on any atom is -0.496 e. The van der Waals surface area contributed by atoms with Crippen LogP contribution in [-0.2, 0) is 4.74 Å². The van der Waals surface area contributed by atoms with Gasteiger partial charge < -0.3 is 4.74 Å². The van der Waals surface area contributed by atoms with Gasteiger partial charge in [-0.2, -0.15) is 0 Å². The van der Waals surface area contributed by atoms with E-state index in [1.165, 1.54) is 11.8 Å². The summed E-state index contributed by atoms with van der Waals surface area (Å²) >= 11 is 1.50. The van der Waals surface area contributed by atoms with Crippen molar-refractivity contribution in [3.8, 4) is 0 Å². The predicted molar refractivity (Wildman–Crippen MR) is 30.5 cm³/mol. The largest absolute Gasteiger partial charge is 0.496 e. The van der Waals surface area contributed by atoms with Crippen molar-refractivity contribution >= 4 is 11.8 Å². The van der Waals surface area contributed by atoms with Crippen LogP contribution in [0.3, 0.4) is 0 Å². The number of hydrogen-bond acceptors (Lipinski definition) is 2. The highest BCUT2D eigenvalue weighted by Crippen LogP contribution is 2.04. The van der Waals surface area contributed by atoms with Crippen LogP contribution in [-0.4, -0.2) is 6.61 Å². The van der Waals surface area contributed by atoms with Gasteiger partial charge in [-0.3, -0.25) is 0 Å². The lowest BCUT2D eigenvalue weighted by molar-refractivity contribution is 0.290. The topological polar surface area (TPSA) is 9.23 Å². The molecule has 0 aromatic carbocycles. The van der Waals surface area contributed by atoms with Crippen molar-refractivity contribution < 1.29 is 4.74 Å². The highest BCUT2D eigenvalue weighted by Gasteiger charge is 1.79. The molecule has 0 aromatic heterocycles. The first kappa shape index (κ1) is 4.78. The van der Waals surface area contributed by atoms with Gasteiger partial charge in [-0.25, -0.2) is 0 Å². The van der Waals surface area contributed by atoms with E-state index in [4.69, 9.17) is 4.74 Å². The van der Waals surface area contributed by atoms with E-state index in [0.717, 1.165) is 0 Å². The van der Waals surface area contributed by atoms with Crippen LogP contribution in [0.15, 0.2) is 17.7 Å². The standard InChI is InChI=1S/C5H5OS/c1-2-6-3-5-7-4-1/h1,3-4H,2H2. The summed E-state index contributed by atoms with van der Waals surface area (Å²) in [5.41, 5.74) is 0. The van der Waals surface area contributed by atoms with Gasteiger partial charge in [-0.05, 0) is 11.5 Å². The summed E-state index contributed by atoms with van der Waals surface area (Å²) in [5.74, 6) is 0. The Kier molecular flexibility index (Phi) is 1.88. The van der Waals surface area contributed by atoms with Crippen LogP contribution < -0.4 is 0 Å². The Labute approximate surface area is 47.1 Å². The van der Waals surface area contributed by atoms with E-state index in [9.17, 15) is 0 Å². The molecule has 0 aliphatic carbocycles. The maximum atomic E-state index is 4.85. The molecule has 2 heteroatoms.